The predicted octanol–water partition coefficient (Wildman–Crippen LogP) is -1.03. The molecular formula is C3H5N5O. The molecule has 0 aliphatic carbocycles. The molecule has 6 nitrogen and oxygen atoms in total. The molecule has 4 N–H and O–H groups in total. The fourth-order valence-corrected chi connectivity index (χ4v) is 0.330. The minimum absolute atomic E-state index is 0.0867. The number of rotatable bonds is 1. The summed E-state index contributed by atoms with van der Waals surface area (Å²) >= 11 is 0. The quantitative estimate of drug-likeness (QED) is 0.371. The van der Waals surface area contributed by atoms with Crippen LogP contribution in [-0.2, 0) is 0 Å². The van der Waals surface area contributed by atoms with Crippen molar-refractivity contribution in [3.05, 3.63) is 6.39 Å². The Morgan fingerprint density at radius 3 is 2.89 bits per heavy atom. The summed E-state index contributed by atoms with van der Waals surface area (Å²) in [5.74, 6) is 0.0476. The Hall–Kier alpha value is -1.59. The van der Waals surface area contributed by atoms with E-state index < -0.39 is 0 Å². The third-order valence-electron chi connectivity index (χ3n) is 0.579. The van der Waals surface area contributed by atoms with E-state index in [1.165, 1.54) is 0 Å². The Morgan fingerprint density at radius 2 is 2.44 bits per heavy atom. The first-order valence-corrected chi connectivity index (χ1v) is 2.15. The highest BCUT2D eigenvalue weighted by atomic mass is 16.5. The van der Waals surface area contributed by atoms with Crippen LogP contribution in [0.3, 0.4) is 0 Å². The summed E-state index contributed by atoms with van der Waals surface area (Å²) in [5, 5.41) is 3.32. The summed E-state index contributed by atoms with van der Waals surface area (Å²) in [6.45, 7) is 0. The predicted molar refractivity (Wildman–Crippen MR) is 29.8 cm³/mol. The van der Waals surface area contributed by atoms with Crippen LogP contribution in [-0.4, -0.2) is 16.1 Å². The van der Waals surface area contributed by atoms with Crippen LogP contribution in [0.4, 0.5) is 5.95 Å². The third kappa shape index (κ3) is 1.41. The van der Waals surface area contributed by atoms with Gasteiger partial charge in [0.05, 0.1) is 0 Å². The Bertz CT molecular complexity index is 198. The maximum Gasteiger partial charge on any atom is 0.292 e. The zero-order valence-corrected chi connectivity index (χ0v) is 4.48. The summed E-state index contributed by atoms with van der Waals surface area (Å²) in [7, 11) is 0. The molecule has 0 aliphatic heterocycles. The zero-order valence-electron chi connectivity index (χ0n) is 4.48. The van der Waals surface area contributed by atoms with Gasteiger partial charge in [0.1, 0.15) is 0 Å². The van der Waals surface area contributed by atoms with Gasteiger partial charge in [-0.2, -0.15) is 9.98 Å². The summed E-state index contributed by atoms with van der Waals surface area (Å²) in [5.41, 5.74) is 9.98. The number of nitrogens with zero attached hydrogens (tertiary/aromatic N) is 3. The van der Waals surface area contributed by atoms with Crippen molar-refractivity contribution in [1.29, 1.82) is 0 Å². The second-order valence-electron chi connectivity index (χ2n) is 1.27. The van der Waals surface area contributed by atoms with Crippen LogP contribution in [0.2, 0.25) is 0 Å². The second kappa shape index (κ2) is 2.12. The molecule has 0 atom stereocenters. The van der Waals surface area contributed by atoms with Gasteiger partial charge in [-0.25, -0.2) is 0 Å². The van der Waals surface area contributed by atoms with Gasteiger partial charge in [-0.15, -0.1) is 0 Å². The monoisotopic (exact) mass is 127 g/mol. The van der Waals surface area contributed by atoms with E-state index in [1.807, 2.05) is 0 Å². The summed E-state index contributed by atoms with van der Waals surface area (Å²) < 4.78 is 4.34. The highest BCUT2D eigenvalue weighted by molar-refractivity contribution is 5.77. The maximum absolute atomic E-state index is 4.99. The lowest BCUT2D eigenvalue weighted by atomic mass is 11.0. The van der Waals surface area contributed by atoms with Crippen LogP contribution in [0.15, 0.2) is 15.9 Å². The Balaban J connectivity index is 2.80. The SMILES string of the molecule is NC(N)=Nc1ncon1. The van der Waals surface area contributed by atoms with Gasteiger partial charge in [0.2, 0.25) is 6.39 Å². The lowest BCUT2D eigenvalue weighted by Crippen LogP contribution is -2.22. The first-order chi connectivity index (χ1) is 4.29. The summed E-state index contributed by atoms with van der Waals surface area (Å²) in [4.78, 5) is 7.01. The molecule has 1 rings (SSSR count). The number of nitrogens with two attached hydrogens (primary N) is 2. The Labute approximate surface area is 50.6 Å². The van der Waals surface area contributed by atoms with Crippen molar-refractivity contribution in [2.24, 2.45) is 16.5 Å². The number of aliphatic imine (C=N–C) groups is 1. The van der Waals surface area contributed by atoms with Gasteiger partial charge in [-0.05, 0) is 5.16 Å². The maximum atomic E-state index is 4.99. The van der Waals surface area contributed by atoms with E-state index in [-0.39, 0.29) is 11.9 Å². The number of hydrogen-bond donors (Lipinski definition) is 2. The number of hydrogen-bond acceptors (Lipinski definition) is 4. The highest BCUT2D eigenvalue weighted by Gasteiger charge is 1.91. The van der Waals surface area contributed by atoms with Crippen LogP contribution in [0.25, 0.3) is 0 Å². The van der Waals surface area contributed by atoms with Crippen LogP contribution < -0.4 is 11.5 Å². The molecule has 0 aromatic carbocycles. The van der Waals surface area contributed by atoms with Gasteiger partial charge in [0.15, 0.2) is 5.96 Å². The molecular weight excluding hydrogens is 122 g/mol. The molecule has 0 fully saturated rings. The average molecular weight is 127 g/mol. The molecule has 48 valence electrons. The summed E-state index contributed by atoms with van der Waals surface area (Å²) in [6, 6.07) is 0. The molecule has 1 heterocycles. The standard InChI is InChI=1S/C3H5N5O/c4-2(5)7-3-6-1-9-8-3/h1H,(H4,4,5,7,8). The minimum Gasteiger partial charge on any atom is -0.370 e. The minimum atomic E-state index is -0.0867. The van der Waals surface area contributed by atoms with Crippen molar-refractivity contribution in [3.8, 4) is 0 Å². The lowest BCUT2D eigenvalue weighted by molar-refractivity contribution is 0.418. The number of aromatic nitrogens is 2. The molecule has 0 bridgehead atoms. The van der Waals surface area contributed by atoms with Crippen LogP contribution in [0.5, 0.6) is 0 Å². The molecule has 9 heavy (non-hydrogen) atoms. The van der Waals surface area contributed by atoms with Crippen molar-refractivity contribution < 1.29 is 4.52 Å². The van der Waals surface area contributed by atoms with Crippen molar-refractivity contribution in [2.45, 2.75) is 0 Å². The molecule has 0 spiro atoms. The van der Waals surface area contributed by atoms with Gasteiger partial charge in [-0.3, -0.25) is 0 Å². The van der Waals surface area contributed by atoms with Crippen molar-refractivity contribution in [1.82, 2.24) is 10.1 Å². The molecule has 1 aromatic rings. The van der Waals surface area contributed by atoms with Gasteiger partial charge < -0.3 is 16.0 Å². The normalized spacial score (nSPS) is 8.89. The van der Waals surface area contributed by atoms with E-state index in [0.717, 1.165) is 6.39 Å². The molecule has 0 saturated carbocycles. The Morgan fingerprint density at radius 1 is 1.67 bits per heavy atom. The van der Waals surface area contributed by atoms with E-state index in [2.05, 4.69) is 19.7 Å². The largest absolute Gasteiger partial charge is 0.370 e. The second-order valence-corrected chi connectivity index (χ2v) is 1.27. The van der Waals surface area contributed by atoms with Crippen molar-refractivity contribution in [2.75, 3.05) is 0 Å². The lowest BCUT2D eigenvalue weighted by Gasteiger charge is -1.82. The molecule has 0 saturated heterocycles. The molecule has 1 aromatic heterocycles. The molecule has 0 unspecified atom stereocenters. The molecule has 0 radical (unpaired) electrons. The fraction of sp³-hybridized carbons (Fsp3) is 0. The van der Waals surface area contributed by atoms with Crippen LogP contribution in [0, 0.1) is 0 Å². The van der Waals surface area contributed by atoms with Crippen molar-refractivity contribution in [3.63, 3.8) is 0 Å². The van der Waals surface area contributed by atoms with Crippen LogP contribution in [0.1, 0.15) is 0 Å². The van der Waals surface area contributed by atoms with E-state index in [0.29, 0.717) is 0 Å². The van der Waals surface area contributed by atoms with Crippen LogP contribution >= 0.6 is 0 Å². The van der Waals surface area contributed by atoms with E-state index in [1.54, 1.807) is 0 Å². The molecule has 0 amide bonds. The molecule has 6 heteroatoms. The fourth-order valence-electron chi connectivity index (χ4n) is 0.330. The van der Waals surface area contributed by atoms with Gasteiger partial charge in [0, 0.05) is 0 Å². The van der Waals surface area contributed by atoms with E-state index in [9.17, 15) is 0 Å². The highest BCUT2D eigenvalue weighted by Crippen LogP contribution is 1.97. The van der Waals surface area contributed by atoms with E-state index in [4.69, 9.17) is 11.5 Å². The summed E-state index contributed by atoms with van der Waals surface area (Å²) in [6.07, 6.45) is 1.14. The van der Waals surface area contributed by atoms with Gasteiger partial charge in [0.25, 0.3) is 5.95 Å². The van der Waals surface area contributed by atoms with Gasteiger partial charge in [-0.1, -0.05) is 0 Å². The number of guanidine groups is 1. The first kappa shape index (κ1) is 5.54. The average Bonchev–Trinajstić information content (AvgIpc) is 2.15. The molecule has 0 aliphatic rings. The Kier molecular flexibility index (Phi) is 1.31. The van der Waals surface area contributed by atoms with Gasteiger partial charge >= 0.3 is 0 Å². The first-order valence-electron chi connectivity index (χ1n) is 2.15. The topological polar surface area (TPSA) is 103 Å². The smallest absolute Gasteiger partial charge is 0.292 e. The zero-order chi connectivity index (χ0) is 6.69. The van der Waals surface area contributed by atoms with E-state index >= 15 is 0 Å². The van der Waals surface area contributed by atoms with Crippen molar-refractivity contribution >= 4 is 11.9 Å². The third-order valence-corrected chi connectivity index (χ3v) is 0.579.